The highest BCUT2D eigenvalue weighted by Crippen LogP contribution is 2.18. The third-order valence-electron chi connectivity index (χ3n) is 5.04. The van der Waals surface area contributed by atoms with Gasteiger partial charge in [0.25, 0.3) is 5.56 Å². The van der Waals surface area contributed by atoms with Crippen LogP contribution in [-0.4, -0.2) is 34.2 Å². The number of ether oxygens (including phenoxy) is 1. The number of ketones is 1. The van der Waals surface area contributed by atoms with Crippen LogP contribution in [0.25, 0.3) is 10.9 Å². The maximum Gasteiger partial charge on any atom is 0.338 e. The van der Waals surface area contributed by atoms with Crippen molar-refractivity contribution in [1.29, 1.82) is 0 Å². The Morgan fingerprint density at radius 3 is 2.62 bits per heavy atom. The molecule has 0 aliphatic heterocycles. The zero-order valence-electron chi connectivity index (χ0n) is 18.3. The Balaban J connectivity index is 1.44. The maximum absolute atomic E-state index is 12.7. The van der Waals surface area contributed by atoms with Gasteiger partial charge < -0.3 is 15.0 Å². The van der Waals surface area contributed by atoms with Gasteiger partial charge in [0.1, 0.15) is 5.82 Å². The van der Waals surface area contributed by atoms with E-state index in [1.54, 1.807) is 60.7 Å². The van der Waals surface area contributed by atoms with Crippen LogP contribution < -0.4 is 10.9 Å². The first-order chi connectivity index (χ1) is 16.4. The summed E-state index contributed by atoms with van der Waals surface area (Å²) in [4.78, 5) is 57.1. The fraction of sp³-hybridized carbons (Fsp3) is 0.160. The number of hydrogen-bond donors (Lipinski definition) is 2. The molecule has 0 radical (unpaired) electrons. The average molecular weight is 476 g/mol. The lowest BCUT2D eigenvalue weighted by Gasteiger charge is -2.09. The molecule has 0 aliphatic carbocycles. The lowest BCUT2D eigenvalue weighted by atomic mass is 10.0. The van der Waals surface area contributed by atoms with Crippen LogP contribution in [0.2, 0.25) is 0 Å². The van der Waals surface area contributed by atoms with Crippen LogP contribution in [0.4, 0.5) is 0 Å². The maximum atomic E-state index is 12.7. The topological polar surface area (TPSA) is 118 Å². The number of rotatable bonds is 8. The van der Waals surface area contributed by atoms with Gasteiger partial charge in [-0.15, -0.1) is 11.3 Å². The van der Waals surface area contributed by atoms with Crippen molar-refractivity contribution in [3.63, 3.8) is 0 Å². The van der Waals surface area contributed by atoms with E-state index in [0.717, 1.165) is 4.88 Å². The molecule has 0 atom stereocenters. The Morgan fingerprint density at radius 2 is 1.79 bits per heavy atom. The van der Waals surface area contributed by atoms with Crippen molar-refractivity contribution in [2.45, 2.75) is 19.9 Å². The van der Waals surface area contributed by atoms with E-state index >= 15 is 0 Å². The molecule has 2 N–H and O–H groups in total. The van der Waals surface area contributed by atoms with E-state index in [2.05, 4.69) is 15.3 Å². The molecule has 2 aromatic carbocycles. The number of Topliss-reactive ketones (excluding diaryl/α,β-unsaturated/α-hetero) is 1. The zero-order valence-corrected chi connectivity index (χ0v) is 19.1. The second-order valence-corrected chi connectivity index (χ2v) is 8.71. The van der Waals surface area contributed by atoms with Gasteiger partial charge in [-0.1, -0.05) is 30.3 Å². The number of thiophene rings is 1. The van der Waals surface area contributed by atoms with Crippen LogP contribution in [0, 0.1) is 0 Å². The first-order valence-corrected chi connectivity index (χ1v) is 11.3. The fourth-order valence-corrected chi connectivity index (χ4v) is 4.26. The number of nitrogens with one attached hydrogen (secondary N) is 2. The number of carbonyl (C=O) groups excluding carboxylic acids is 3. The van der Waals surface area contributed by atoms with Gasteiger partial charge in [-0.05, 0) is 35.9 Å². The molecular formula is C25H21N3O5S. The van der Waals surface area contributed by atoms with Crippen molar-refractivity contribution in [3.05, 3.63) is 97.7 Å². The molecule has 4 rings (SSSR count). The van der Waals surface area contributed by atoms with Gasteiger partial charge in [-0.2, -0.15) is 0 Å². The number of para-hydroxylation sites is 1. The van der Waals surface area contributed by atoms with Gasteiger partial charge in [0.05, 0.1) is 27.9 Å². The largest absolute Gasteiger partial charge is 0.454 e. The Labute approximate surface area is 198 Å². The molecule has 9 heteroatoms. The number of hydrogen-bond acceptors (Lipinski definition) is 7. The summed E-state index contributed by atoms with van der Waals surface area (Å²) in [6, 6.07) is 17.3. The zero-order chi connectivity index (χ0) is 24.1. The lowest BCUT2D eigenvalue weighted by molar-refractivity contribution is -0.119. The SMILES string of the molecule is CC(=O)NCc1ccc(C(=O)COC(=O)c2ccccc2Cc2nc3ccccc3c(=O)[nH]2)s1. The first-order valence-electron chi connectivity index (χ1n) is 10.5. The van der Waals surface area contributed by atoms with Gasteiger partial charge in [-0.25, -0.2) is 9.78 Å². The van der Waals surface area contributed by atoms with Gasteiger partial charge >= 0.3 is 5.97 Å². The molecule has 1 amide bonds. The van der Waals surface area contributed by atoms with E-state index in [1.165, 1.54) is 18.3 Å². The van der Waals surface area contributed by atoms with E-state index in [4.69, 9.17) is 4.74 Å². The van der Waals surface area contributed by atoms with Crippen LogP contribution in [-0.2, 0) is 22.5 Å². The molecule has 0 aliphatic rings. The summed E-state index contributed by atoms with van der Waals surface area (Å²) in [6.07, 6.45) is 0.219. The Morgan fingerprint density at radius 1 is 1.03 bits per heavy atom. The van der Waals surface area contributed by atoms with Gasteiger partial charge in [0.2, 0.25) is 11.7 Å². The third-order valence-corrected chi connectivity index (χ3v) is 6.17. The quantitative estimate of drug-likeness (QED) is 0.298. The molecule has 0 fully saturated rings. The molecule has 0 bridgehead atoms. The van der Waals surface area contributed by atoms with Crippen molar-refractivity contribution in [1.82, 2.24) is 15.3 Å². The van der Waals surface area contributed by atoms with E-state index in [9.17, 15) is 19.2 Å². The van der Waals surface area contributed by atoms with Crippen molar-refractivity contribution in [3.8, 4) is 0 Å². The molecule has 8 nitrogen and oxygen atoms in total. The van der Waals surface area contributed by atoms with Crippen molar-refractivity contribution < 1.29 is 19.1 Å². The van der Waals surface area contributed by atoms with Crippen LogP contribution >= 0.6 is 11.3 Å². The van der Waals surface area contributed by atoms with E-state index in [-0.39, 0.29) is 23.7 Å². The summed E-state index contributed by atoms with van der Waals surface area (Å²) >= 11 is 1.24. The molecule has 2 heterocycles. The number of aromatic amines is 1. The lowest BCUT2D eigenvalue weighted by Crippen LogP contribution is -2.18. The highest BCUT2D eigenvalue weighted by molar-refractivity contribution is 7.14. The van der Waals surface area contributed by atoms with Gasteiger partial charge in [0, 0.05) is 18.2 Å². The Kier molecular flexibility index (Phi) is 6.93. The third kappa shape index (κ3) is 5.44. The molecule has 2 aromatic heterocycles. The molecule has 0 unspecified atom stereocenters. The normalized spacial score (nSPS) is 10.7. The number of carbonyl (C=O) groups is 3. The summed E-state index contributed by atoms with van der Waals surface area (Å²) in [5, 5.41) is 3.16. The Bertz CT molecular complexity index is 1440. The van der Waals surface area contributed by atoms with Crippen LogP contribution in [0.5, 0.6) is 0 Å². The molecule has 0 spiro atoms. The minimum Gasteiger partial charge on any atom is -0.454 e. The molecule has 34 heavy (non-hydrogen) atoms. The summed E-state index contributed by atoms with van der Waals surface area (Å²) in [5.74, 6) is -0.699. The number of benzene rings is 2. The van der Waals surface area contributed by atoms with E-state index in [0.29, 0.717) is 39.3 Å². The Hall–Kier alpha value is -4.11. The van der Waals surface area contributed by atoms with Gasteiger partial charge in [-0.3, -0.25) is 14.4 Å². The number of nitrogens with zero attached hydrogens (tertiary/aromatic N) is 1. The molecule has 0 saturated carbocycles. The molecule has 0 saturated heterocycles. The highest BCUT2D eigenvalue weighted by Gasteiger charge is 2.17. The fourth-order valence-electron chi connectivity index (χ4n) is 3.39. The predicted molar refractivity (Wildman–Crippen MR) is 128 cm³/mol. The number of amides is 1. The van der Waals surface area contributed by atoms with Gasteiger partial charge in [0.15, 0.2) is 6.61 Å². The standard InChI is InChI=1S/C25H21N3O5S/c1-15(29)26-13-17-10-11-22(34-17)21(30)14-33-25(32)18-7-3-2-6-16(18)12-23-27-20-9-5-4-8-19(20)24(31)28-23/h2-11H,12-14H2,1H3,(H,26,29)(H,27,28,31). The van der Waals surface area contributed by atoms with Crippen molar-refractivity contribution >= 4 is 39.9 Å². The average Bonchev–Trinajstić information content (AvgIpc) is 3.31. The molecular weight excluding hydrogens is 454 g/mol. The number of H-pyrrole nitrogens is 1. The highest BCUT2D eigenvalue weighted by atomic mass is 32.1. The number of fused-ring (bicyclic) bond motifs is 1. The molecule has 172 valence electrons. The van der Waals surface area contributed by atoms with Crippen LogP contribution in [0.3, 0.4) is 0 Å². The van der Waals surface area contributed by atoms with Crippen molar-refractivity contribution in [2.75, 3.05) is 6.61 Å². The summed E-state index contributed by atoms with van der Waals surface area (Å²) in [6.45, 7) is 1.36. The predicted octanol–water partition coefficient (Wildman–Crippen LogP) is 3.25. The van der Waals surface area contributed by atoms with Crippen LogP contribution in [0.15, 0.2) is 65.5 Å². The minimum atomic E-state index is -0.637. The minimum absolute atomic E-state index is 0.156. The van der Waals surface area contributed by atoms with Crippen LogP contribution in [0.1, 0.15) is 43.2 Å². The second kappa shape index (κ2) is 10.2. The second-order valence-electron chi connectivity index (χ2n) is 7.54. The summed E-state index contributed by atoms with van der Waals surface area (Å²) in [7, 11) is 0. The van der Waals surface area contributed by atoms with E-state index in [1.807, 2.05) is 0 Å². The smallest absolute Gasteiger partial charge is 0.338 e. The summed E-state index contributed by atoms with van der Waals surface area (Å²) in [5.41, 5.74) is 1.23. The monoisotopic (exact) mass is 475 g/mol. The molecule has 4 aromatic rings. The first kappa shape index (κ1) is 23.1. The van der Waals surface area contributed by atoms with Crippen molar-refractivity contribution in [2.24, 2.45) is 0 Å². The van der Waals surface area contributed by atoms with E-state index < -0.39 is 12.6 Å². The number of aromatic nitrogens is 2. The number of esters is 1. The summed E-state index contributed by atoms with van der Waals surface area (Å²) < 4.78 is 5.28.